The molecule has 23 heavy (non-hydrogen) atoms. The van der Waals surface area contributed by atoms with Crippen LogP contribution in [0.4, 0.5) is 5.69 Å². The van der Waals surface area contributed by atoms with Crippen LogP contribution < -0.4 is 0 Å². The average Bonchev–Trinajstić information content (AvgIpc) is 3.00. The first kappa shape index (κ1) is 14.9. The number of nitro benzene ring substituents is 1. The Morgan fingerprint density at radius 3 is 2.57 bits per heavy atom. The van der Waals surface area contributed by atoms with E-state index >= 15 is 0 Å². The molecular formula is C16H14N4O3. The van der Waals surface area contributed by atoms with Crippen LogP contribution in [0, 0.1) is 10.1 Å². The number of nitrogens with zero attached hydrogens (tertiary/aromatic N) is 4. The minimum atomic E-state index is -0.465. The van der Waals surface area contributed by atoms with E-state index in [9.17, 15) is 15.2 Å². The average molecular weight is 310 g/mol. The number of hydrogen-bond acceptors (Lipinski definition) is 5. The van der Waals surface area contributed by atoms with Gasteiger partial charge in [-0.1, -0.05) is 24.3 Å². The van der Waals surface area contributed by atoms with Crippen molar-refractivity contribution >= 4 is 5.69 Å². The van der Waals surface area contributed by atoms with Crippen molar-refractivity contribution in [3.63, 3.8) is 0 Å². The Kier molecular flexibility index (Phi) is 3.86. The van der Waals surface area contributed by atoms with Crippen molar-refractivity contribution in [1.82, 2.24) is 14.8 Å². The summed E-state index contributed by atoms with van der Waals surface area (Å²) in [4.78, 5) is 10.7. The minimum Gasteiger partial charge on any atom is -0.392 e. The van der Waals surface area contributed by atoms with Crippen LogP contribution in [0.3, 0.4) is 0 Å². The third kappa shape index (κ3) is 2.82. The monoisotopic (exact) mass is 310 g/mol. The van der Waals surface area contributed by atoms with Crippen molar-refractivity contribution in [2.24, 2.45) is 7.05 Å². The van der Waals surface area contributed by atoms with E-state index in [0.717, 1.165) is 11.1 Å². The molecule has 7 nitrogen and oxygen atoms in total. The fourth-order valence-corrected chi connectivity index (χ4v) is 2.48. The van der Waals surface area contributed by atoms with Crippen LogP contribution in [0.5, 0.6) is 0 Å². The Balaban J connectivity index is 2.22. The molecule has 0 saturated carbocycles. The molecule has 1 heterocycles. The van der Waals surface area contributed by atoms with Gasteiger partial charge in [-0.2, -0.15) is 0 Å². The van der Waals surface area contributed by atoms with Gasteiger partial charge in [0.05, 0.1) is 11.5 Å². The van der Waals surface area contributed by atoms with Gasteiger partial charge in [-0.05, 0) is 22.8 Å². The van der Waals surface area contributed by atoms with Crippen molar-refractivity contribution in [2.45, 2.75) is 6.61 Å². The Labute approximate surface area is 132 Å². The maximum absolute atomic E-state index is 11.1. The highest BCUT2D eigenvalue weighted by Crippen LogP contribution is 2.33. The molecule has 0 aliphatic rings. The van der Waals surface area contributed by atoms with Crippen molar-refractivity contribution in [3.8, 4) is 22.5 Å². The molecule has 0 spiro atoms. The molecule has 0 amide bonds. The summed E-state index contributed by atoms with van der Waals surface area (Å²) in [5, 5.41) is 28.5. The summed E-state index contributed by atoms with van der Waals surface area (Å²) in [5.74, 6) is 0.664. The smallest absolute Gasteiger partial charge is 0.270 e. The third-order valence-electron chi connectivity index (χ3n) is 3.56. The van der Waals surface area contributed by atoms with Gasteiger partial charge in [0.25, 0.3) is 5.69 Å². The Bertz CT molecular complexity index is 873. The van der Waals surface area contributed by atoms with Gasteiger partial charge >= 0.3 is 0 Å². The molecule has 3 rings (SSSR count). The first-order valence-electron chi connectivity index (χ1n) is 6.93. The van der Waals surface area contributed by atoms with E-state index in [2.05, 4.69) is 10.2 Å². The fourth-order valence-electron chi connectivity index (χ4n) is 2.48. The number of aromatic nitrogens is 3. The predicted octanol–water partition coefficient (Wildman–Crippen LogP) is 2.55. The first-order chi connectivity index (χ1) is 11.1. The number of benzene rings is 2. The summed E-state index contributed by atoms with van der Waals surface area (Å²) in [6.45, 7) is -0.263. The maximum atomic E-state index is 11.1. The molecule has 1 N–H and O–H groups in total. The van der Waals surface area contributed by atoms with Gasteiger partial charge in [0.1, 0.15) is 6.33 Å². The predicted molar refractivity (Wildman–Crippen MR) is 84.5 cm³/mol. The maximum Gasteiger partial charge on any atom is 0.270 e. The van der Waals surface area contributed by atoms with Gasteiger partial charge in [-0.3, -0.25) is 10.1 Å². The molecule has 2 aromatic carbocycles. The van der Waals surface area contributed by atoms with E-state index in [1.54, 1.807) is 17.0 Å². The Morgan fingerprint density at radius 2 is 1.96 bits per heavy atom. The minimum absolute atomic E-state index is 0.0562. The zero-order chi connectivity index (χ0) is 16.4. The van der Waals surface area contributed by atoms with E-state index in [1.165, 1.54) is 12.1 Å². The van der Waals surface area contributed by atoms with Crippen LogP contribution in [0.1, 0.15) is 5.56 Å². The van der Waals surface area contributed by atoms with E-state index in [1.807, 2.05) is 31.3 Å². The zero-order valence-corrected chi connectivity index (χ0v) is 12.4. The van der Waals surface area contributed by atoms with Gasteiger partial charge in [0, 0.05) is 24.7 Å². The Morgan fingerprint density at radius 1 is 1.22 bits per heavy atom. The van der Waals surface area contributed by atoms with Crippen LogP contribution in [-0.2, 0) is 13.7 Å². The summed E-state index contributed by atoms with van der Waals surface area (Å²) >= 11 is 0. The number of non-ortho nitro benzene ring substituents is 1. The number of rotatable bonds is 4. The molecule has 0 bridgehead atoms. The molecular weight excluding hydrogens is 296 g/mol. The first-order valence-corrected chi connectivity index (χ1v) is 6.93. The highest BCUT2D eigenvalue weighted by Gasteiger charge is 2.15. The molecule has 0 unspecified atom stereocenters. The standard InChI is InChI=1S/C16H14N4O3/c1-19-10-17-18-16(19)15-5-3-2-4-14(15)12-6-11(9-21)7-13(8-12)20(22)23/h2-8,10,21H,9H2,1H3. The molecule has 1 aromatic heterocycles. The van der Waals surface area contributed by atoms with E-state index in [4.69, 9.17) is 0 Å². The lowest BCUT2D eigenvalue weighted by Gasteiger charge is -2.10. The lowest BCUT2D eigenvalue weighted by atomic mass is 9.97. The normalized spacial score (nSPS) is 10.7. The van der Waals surface area contributed by atoms with Crippen molar-refractivity contribution in [1.29, 1.82) is 0 Å². The topological polar surface area (TPSA) is 94.1 Å². The summed E-state index contributed by atoms with van der Waals surface area (Å²) in [6.07, 6.45) is 1.60. The third-order valence-corrected chi connectivity index (χ3v) is 3.56. The molecule has 0 radical (unpaired) electrons. The fraction of sp³-hybridized carbons (Fsp3) is 0.125. The van der Waals surface area contributed by atoms with Gasteiger partial charge in [0.15, 0.2) is 5.82 Å². The zero-order valence-electron chi connectivity index (χ0n) is 12.4. The lowest BCUT2D eigenvalue weighted by Crippen LogP contribution is -1.96. The van der Waals surface area contributed by atoms with Crippen LogP contribution in [0.2, 0.25) is 0 Å². The second-order valence-electron chi connectivity index (χ2n) is 5.11. The van der Waals surface area contributed by atoms with Gasteiger partial charge in [-0.25, -0.2) is 0 Å². The second-order valence-corrected chi connectivity index (χ2v) is 5.11. The number of aliphatic hydroxyl groups excluding tert-OH is 1. The van der Waals surface area contributed by atoms with Gasteiger partial charge in [0.2, 0.25) is 0 Å². The highest BCUT2D eigenvalue weighted by atomic mass is 16.6. The molecule has 0 aliphatic heterocycles. The lowest BCUT2D eigenvalue weighted by molar-refractivity contribution is -0.384. The van der Waals surface area contributed by atoms with Crippen LogP contribution in [0.25, 0.3) is 22.5 Å². The largest absolute Gasteiger partial charge is 0.392 e. The van der Waals surface area contributed by atoms with E-state index < -0.39 is 4.92 Å². The molecule has 0 saturated heterocycles. The van der Waals surface area contributed by atoms with Crippen molar-refractivity contribution in [3.05, 3.63) is 64.5 Å². The highest BCUT2D eigenvalue weighted by molar-refractivity contribution is 5.81. The molecule has 116 valence electrons. The van der Waals surface area contributed by atoms with Crippen molar-refractivity contribution in [2.75, 3.05) is 0 Å². The quantitative estimate of drug-likeness (QED) is 0.590. The molecule has 0 aliphatic carbocycles. The Hall–Kier alpha value is -3.06. The number of aryl methyl sites for hydroxylation is 1. The molecule has 3 aromatic rings. The van der Waals surface area contributed by atoms with Gasteiger partial charge in [-0.15, -0.1) is 10.2 Å². The summed E-state index contributed by atoms with van der Waals surface area (Å²) in [7, 11) is 1.83. The van der Waals surface area contributed by atoms with Gasteiger partial charge < -0.3 is 9.67 Å². The number of nitro groups is 1. The summed E-state index contributed by atoms with van der Waals surface area (Å²) in [6, 6.07) is 12.1. The second kappa shape index (κ2) is 5.98. The van der Waals surface area contributed by atoms with Crippen LogP contribution >= 0.6 is 0 Å². The van der Waals surface area contributed by atoms with E-state index in [0.29, 0.717) is 17.0 Å². The molecule has 0 atom stereocenters. The van der Waals surface area contributed by atoms with Crippen LogP contribution in [0.15, 0.2) is 48.8 Å². The van der Waals surface area contributed by atoms with Crippen molar-refractivity contribution < 1.29 is 10.0 Å². The molecule has 7 heteroatoms. The molecule has 0 fully saturated rings. The SMILES string of the molecule is Cn1cnnc1-c1ccccc1-c1cc(CO)cc([N+](=O)[O-])c1. The summed E-state index contributed by atoms with van der Waals surface area (Å²) < 4.78 is 1.78. The van der Waals surface area contributed by atoms with Crippen LogP contribution in [-0.4, -0.2) is 24.8 Å². The van der Waals surface area contributed by atoms with E-state index in [-0.39, 0.29) is 12.3 Å². The number of hydrogen-bond donors (Lipinski definition) is 1. The number of aliphatic hydroxyl groups is 1. The summed E-state index contributed by atoms with van der Waals surface area (Å²) in [5.41, 5.74) is 2.70.